The lowest BCUT2D eigenvalue weighted by Gasteiger charge is -2.33. The second kappa shape index (κ2) is 6.05. The third kappa shape index (κ3) is 4.97. The van der Waals surface area contributed by atoms with E-state index in [1.165, 1.54) is 25.7 Å². The lowest BCUT2D eigenvalue weighted by Crippen LogP contribution is -2.39. The van der Waals surface area contributed by atoms with Gasteiger partial charge >= 0.3 is 5.97 Å². The molecule has 0 aromatic rings. The summed E-state index contributed by atoms with van der Waals surface area (Å²) in [6.07, 6.45) is 5.68. The Hall–Kier alpha value is -0.570. The van der Waals surface area contributed by atoms with Gasteiger partial charge in [-0.15, -0.1) is 0 Å². The molecule has 0 unspecified atom stereocenters. The van der Waals surface area contributed by atoms with Crippen molar-refractivity contribution in [1.82, 2.24) is 5.32 Å². The predicted octanol–water partition coefficient (Wildman–Crippen LogP) is 3.29. The van der Waals surface area contributed by atoms with Crippen molar-refractivity contribution >= 4 is 5.97 Å². The fraction of sp³-hybridized carbons (Fsp3) is 0.933. The number of carboxylic acid groups (broad SMARTS) is 1. The fourth-order valence-electron chi connectivity index (χ4n) is 3.05. The SMILES string of the molecule is CC(C)(CNCC(C)(C)C1CCCC1)CC(=O)O. The van der Waals surface area contributed by atoms with Gasteiger partial charge in [0.15, 0.2) is 0 Å². The molecule has 0 heterocycles. The summed E-state index contributed by atoms with van der Waals surface area (Å²) < 4.78 is 0. The van der Waals surface area contributed by atoms with E-state index in [1.807, 2.05) is 13.8 Å². The van der Waals surface area contributed by atoms with Gasteiger partial charge in [0.25, 0.3) is 0 Å². The van der Waals surface area contributed by atoms with E-state index in [2.05, 4.69) is 19.2 Å². The summed E-state index contributed by atoms with van der Waals surface area (Å²) in [5.74, 6) is 0.115. The Morgan fingerprint density at radius 1 is 1.17 bits per heavy atom. The van der Waals surface area contributed by atoms with Crippen molar-refractivity contribution in [1.29, 1.82) is 0 Å². The molecule has 0 aliphatic heterocycles. The number of hydrogen-bond donors (Lipinski definition) is 2. The molecule has 3 nitrogen and oxygen atoms in total. The maximum absolute atomic E-state index is 10.8. The van der Waals surface area contributed by atoms with Gasteiger partial charge in [-0.1, -0.05) is 40.5 Å². The van der Waals surface area contributed by atoms with Crippen molar-refractivity contribution in [2.45, 2.75) is 59.8 Å². The van der Waals surface area contributed by atoms with E-state index in [-0.39, 0.29) is 11.8 Å². The minimum Gasteiger partial charge on any atom is -0.481 e. The highest BCUT2D eigenvalue weighted by Crippen LogP contribution is 2.39. The lowest BCUT2D eigenvalue weighted by molar-refractivity contribution is -0.139. The summed E-state index contributed by atoms with van der Waals surface area (Å²) >= 11 is 0. The monoisotopic (exact) mass is 255 g/mol. The van der Waals surface area contributed by atoms with E-state index in [1.54, 1.807) is 0 Å². The van der Waals surface area contributed by atoms with Crippen molar-refractivity contribution in [2.75, 3.05) is 13.1 Å². The molecule has 3 heteroatoms. The molecule has 1 rings (SSSR count). The number of nitrogens with one attached hydrogen (secondary N) is 1. The average Bonchev–Trinajstić information content (AvgIpc) is 2.67. The minimum absolute atomic E-state index is 0.169. The standard InChI is InChI=1S/C15H29NO2/c1-14(2,9-13(17)18)10-16-11-15(3,4)12-7-5-6-8-12/h12,16H,5-11H2,1-4H3,(H,17,18). The Kier molecular flexibility index (Phi) is 5.20. The Labute approximate surface area is 111 Å². The molecule has 106 valence electrons. The molecule has 0 radical (unpaired) electrons. The number of aliphatic carboxylic acids is 1. The van der Waals surface area contributed by atoms with Gasteiger partial charge in [-0.3, -0.25) is 4.79 Å². The minimum atomic E-state index is -0.711. The van der Waals surface area contributed by atoms with Gasteiger partial charge in [0.2, 0.25) is 0 Å². The van der Waals surface area contributed by atoms with Crippen LogP contribution in [0.2, 0.25) is 0 Å². The van der Waals surface area contributed by atoms with E-state index >= 15 is 0 Å². The van der Waals surface area contributed by atoms with Crippen LogP contribution in [0.25, 0.3) is 0 Å². The zero-order valence-electron chi connectivity index (χ0n) is 12.4. The van der Waals surface area contributed by atoms with E-state index in [9.17, 15) is 4.79 Å². The van der Waals surface area contributed by atoms with Crippen LogP contribution in [-0.4, -0.2) is 24.2 Å². The van der Waals surface area contributed by atoms with Crippen LogP contribution in [0.4, 0.5) is 0 Å². The molecule has 0 aromatic carbocycles. The zero-order chi connectivity index (χ0) is 13.8. The fourth-order valence-corrected chi connectivity index (χ4v) is 3.05. The Morgan fingerprint density at radius 3 is 2.22 bits per heavy atom. The van der Waals surface area contributed by atoms with E-state index < -0.39 is 5.97 Å². The molecule has 0 spiro atoms. The van der Waals surface area contributed by atoms with Crippen LogP contribution in [0, 0.1) is 16.7 Å². The summed E-state index contributed by atoms with van der Waals surface area (Å²) in [4.78, 5) is 10.8. The topological polar surface area (TPSA) is 49.3 Å². The van der Waals surface area contributed by atoms with Gasteiger partial charge < -0.3 is 10.4 Å². The van der Waals surface area contributed by atoms with Crippen LogP contribution >= 0.6 is 0 Å². The van der Waals surface area contributed by atoms with Gasteiger partial charge in [-0.25, -0.2) is 0 Å². The largest absolute Gasteiger partial charge is 0.481 e. The normalized spacial score (nSPS) is 18.2. The van der Waals surface area contributed by atoms with Crippen molar-refractivity contribution in [3.63, 3.8) is 0 Å². The number of hydrogen-bond acceptors (Lipinski definition) is 2. The van der Waals surface area contributed by atoms with E-state index in [0.29, 0.717) is 5.41 Å². The first-order valence-electron chi connectivity index (χ1n) is 7.15. The summed E-state index contributed by atoms with van der Waals surface area (Å²) in [6, 6.07) is 0. The van der Waals surface area contributed by atoms with E-state index in [0.717, 1.165) is 19.0 Å². The number of carbonyl (C=O) groups is 1. The summed E-state index contributed by atoms with van der Waals surface area (Å²) in [5.41, 5.74) is 0.160. The number of carboxylic acids is 1. The van der Waals surface area contributed by atoms with Gasteiger partial charge in [0.1, 0.15) is 0 Å². The maximum Gasteiger partial charge on any atom is 0.303 e. The number of rotatable bonds is 7. The molecule has 0 amide bonds. The van der Waals surface area contributed by atoms with Gasteiger partial charge in [0.05, 0.1) is 6.42 Å². The molecule has 0 atom stereocenters. The van der Waals surface area contributed by atoms with Crippen molar-refractivity contribution in [2.24, 2.45) is 16.7 Å². The second-order valence-corrected chi connectivity index (χ2v) is 7.31. The molecule has 0 saturated heterocycles. The third-order valence-electron chi connectivity index (χ3n) is 4.27. The van der Waals surface area contributed by atoms with Crippen LogP contribution in [0.15, 0.2) is 0 Å². The Morgan fingerprint density at radius 2 is 1.72 bits per heavy atom. The van der Waals surface area contributed by atoms with Crippen molar-refractivity contribution < 1.29 is 9.90 Å². The van der Waals surface area contributed by atoms with Crippen molar-refractivity contribution in [3.05, 3.63) is 0 Å². The molecule has 1 aliphatic rings. The first kappa shape index (κ1) is 15.5. The first-order chi connectivity index (χ1) is 8.23. The quantitative estimate of drug-likeness (QED) is 0.734. The highest BCUT2D eigenvalue weighted by Gasteiger charge is 2.32. The smallest absolute Gasteiger partial charge is 0.303 e. The summed E-state index contributed by atoms with van der Waals surface area (Å²) in [7, 11) is 0. The molecule has 1 saturated carbocycles. The predicted molar refractivity (Wildman–Crippen MR) is 74.6 cm³/mol. The molecule has 0 aromatic heterocycles. The summed E-state index contributed by atoms with van der Waals surface area (Å²) in [5, 5.41) is 12.3. The molecule has 1 fully saturated rings. The molecular weight excluding hydrogens is 226 g/mol. The molecule has 0 bridgehead atoms. The molecular formula is C15H29NO2. The highest BCUT2D eigenvalue weighted by molar-refractivity contribution is 5.67. The molecule has 1 aliphatic carbocycles. The molecule has 18 heavy (non-hydrogen) atoms. The lowest BCUT2D eigenvalue weighted by atomic mass is 9.77. The van der Waals surface area contributed by atoms with Crippen LogP contribution in [0.5, 0.6) is 0 Å². The average molecular weight is 255 g/mol. The van der Waals surface area contributed by atoms with Crippen LogP contribution in [0.3, 0.4) is 0 Å². The van der Waals surface area contributed by atoms with Gasteiger partial charge in [0, 0.05) is 13.1 Å². The van der Waals surface area contributed by atoms with Crippen LogP contribution in [0.1, 0.15) is 59.8 Å². The third-order valence-corrected chi connectivity index (χ3v) is 4.27. The van der Waals surface area contributed by atoms with Gasteiger partial charge in [-0.05, 0) is 29.6 Å². The molecule has 2 N–H and O–H groups in total. The van der Waals surface area contributed by atoms with Crippen LogP contribution < -0.4 is 5.32 Å². The second-order valence-electron chi connectivity index (χ2n) is 7.31. The highest BCUT2D eigenvalue weighted by atomic mass is 16.4. The summed E-state index contributed by atoms with van der Waals surface area (Å²) in [6.45, 7) is 10.4. The Bertz CT molecular complexity index is 278. The van der Waals surface area contributed by atoms with Crippen molar-refractivity contribution in [3.8, 4) is 0 Å². The van der Waals surface area contributed by atoms with E-state index in [4.69, 9.17) is 5.11 Å². The zero-order valence-corrected chi connectivity index (χ0v) is 12.4. The Balaban J connectivity index is 2.33. The van der Waals surface area contributed by atoms with Crippen LogP contribution in [-0.2, 0) is 4.79 Å². The van der Waals surface area contributed by atoms with Gasteiger partial charge in [-0.2, -0.15) is 0 Å². The first-order valence-corrected chi connectivity index (χ1v) is 7.15. The maximum atomic E-state index is 10.8.